The lowest BCUT2D eigenvalue weighted by Gasteiger charge is -2.32. The standard InChI is InChI=1S/C19H15F3N4.C13H17BN2O2.C12H10BrF3N2.C12H11F3N2.C10H9FN2.C3H6F2/c1-12-24-18(13-2-5-15(20)6-3-13)19(26(12)11-16(21)22)14-4-7-17-23-8-9-25(17)10-14;1-12(2)13(3,4)18-14(17-12)10-5-6-11-15-7-8-16(11)9-10;1-7-17-11(8-2-4-9(14)5-3-8)12(13)18(7)6-10(15)16;1-8-16-11(6-17(8)7-12(14)15)9-2-4-10(13)5-3-9;1-7-12-6-10(13-7)8-2-4-9(11)5-3-8;1-2-3(4)5/h2-10,16H,11H2,1H3;5-9H,1-4H3;2-5,10H,6H2,1H3;2-6,12H,7H2,1H3;2-6H,1H3,(H,12,13);3H,2H2,1H3. The van der Waals surface area contributed by atoms with E-state index in [1.165, 1.54) is 69.2 Å². The minimum atomic E-state index is -2.51. The molecule has 14 nitrogen and oxygen atoms in total. The zero-order chi connectivity index (χ0) is 70.5. The Balaban J connectivity index is 0.000000155. The maximum absolute atomic E-state index is 13.3. The molecule has 13 rings (SSSR count). The normalized spacial score (nSPS) is 13.0. The fraction of sp³-hybridized carbons (Fsp3) is 0.275. The number of aromatic nitrogens is 12. The van der Waals surface area contributed by atoms with Gasteiger partial charge in [0.15, 0.2) is 0 Å². The van der Waals surface area contributed by atoms with Gasteiger partial charge in [0.2, 0.25) is 6.43 Å². The van der Waals surface area contributed by atoms with Crippen molar-refractivity contribution in [3.05, 3.63) is 222 Å². The summed E-state index contributed by atoms with van der Waals surface area (Å²) in [5.41, 5.74) is 8.97. The van der Waals surface area contributed by atoms with Crippen LogP contribution in [0, 0.1) is 51.0 Å². The van der Waals surface area contributed by atoms with E-state index < -0.39 is 38.8 Å². The number of imidazole rings is 6. The highest BCUT2D eigenvalue weighted by Gasteiger charge is 2.51. The first-order valence-electron chi connectivity index (χ1n) is 30.2. The Morgan fingerprint density at radius 3 is 1.40 bits per heavy atom. The molecule has 0 unspecified atom stereocenters. The molecule has 1 aliphatic rings. The summed E-state index contributed by atoms with van der Waals surface area (Å²) in [5, 5.41) is 0. The van der Waals surface area contributed by atoms with Crippen LogP contribution in [0.5, 0.6) is 0 Å². The highest BCUT2D eigenvalue weighted by Crippen LogP contribution is 2.37. The van der Waals surface area contributed by atoms with Gasteiger partial charge in [0, 0.05) is 72.1 Å². The van der Waals surface area contributed by atoms with Gasteiger partial charge in [0.05, 0.1) is 59.8 Å². The molecule has 0 radical (unpaired) electrons. The molecule has 0 atom stereocenters. The molecule has 0 spiro atoms. The average molecular weight is 1420 g/mol. The number of alkyl halides is 8. The Hall–Kier alpha value is -9.28. The summed E-state index contributed by atoms with van der Waals surface area (Å²) in [6.45, 7) is 15.3. The first-order chi connectivity index (χ1) is 46.0. The first-order valence-corrected chi connectivity index (χ1v) is 31.0. The third-order valence-corrected chi connectivity index (χ3v) is 16.2. The number of H-pyrrole nitrogens is 1. The molecule has 4 aromatic carbocycles. The highest BCUT2D eigenvalue weighted by atomic mass is 79.9. The quantitative estimate of drug-likeness (QED) is 0.0891. The van der Waals surface area contributed by atoms with Gasteiger partial charge in [-0.15, -0.1) is 0 Å². The van der Waals surface area contributed by atoms with E-state index in [9.17, 15) is 52.7 Å². The Bertz CT molecular complexity index is 4460. The lowest BCUT2D eigenvalue weighted by atomic mass is 9.80. The summed E-state index contributed by atoms with van der Waals surface area (Å²) in [5.74, 6) is 1.07. The fourth-order valence-corrected chi connectivity index (χ4v) is 10.3. The summed E-state index contributed by atoms with van der Waals surface area (Å²) < 4.78 is 169. The van der Waals surface area contributed by atoms with Crippen LogP contribution in [-0.4, -0.2) is 101 Å². The van der Waals surface area contributed by atoms with Crippen LogP contribution < -0.4 is 5.46 Å². The third kappa shape index (κ3) is 19.5. The van der Waals surface area contributed by atoms with Gasteiger partial charge in [0.25, 0.3) is 19.3 Å². The van der Waals surface area contributed by atoms with Gasteiger partial charge in [-0.25, -0.2) is 82.6 Å². The smallest absolute Gasteiger partial charge is 0.399 e. The van der Waals surface area contributed by atoms with E-state index in [4.69, 9.17) is 9.31 Å². The van der Waals surface area contributed by atoms with Crippen LogP contribution in [0.1, 0.15) is 64.3 Å². The topological polar surface area (TPSA) is 135 Å². The SMILES string of the molecule is CC1(C)OB(c2ccc3nccn3c2)OC1(C)C.CCC(F)F.Cc1nc(-c2ccc(F)cc2)c(-c2ccc3nccn3c2)n1CC(F)F.Cc1nc(-c2ccc(F)cc2)c(Br)n1CC(F)F.Cc1nc(-c2ccc(F)cc2)cn1CC(F)F.Cc1ncc(-c2ccc(F)cc2)[nH]1. The lowest BCUT2D eigenvalue weighted by Crippen LogP contribution is -2.41. The largest absolute Gasteiger partial charge is 0.496 e. The summed E-state index contributed by atoms with van der Waals surface area (Å²) >= 11 is 3.26. The van der Waals surface area contributed by atoms with Crippen LogP contribution in [-0.2, 0) is 28.9 Å². The van der Waals surface area contributed by atoms with Crippen molar-refractivity contribution < 1.29 is 62.0 Å². The predicted molar refractivity (Wildman–Crippen MR) is 353 cm³/mol. The molecule has 1 N–H and O–H groups in total. The van der Waals surface area contributed by atoms with Gasteiger partial charge >= 0.3 is 7.12 Å². The molecule has 0 saturated carbocycles. The van der Waals surface area contributed by atoms with E-state index in [1.54, 1.807) is 100 Å². The van der Waals surface area contributed by atoms with Crippen LogP contribution in [0.2, 0.25) is 0 Å². The molecule has 0 bridgehead atoms. The number of aromatic amines is 1. The number of halogens is 13. The number of aryl methyl sites for hydroxylation is 4. The van der Waals surface area contributed by atoms with E-state index >= 15 is 0 Å². The van der Waals surface area contributed by atoms with Crippen molar-refractivity contribution in [2.24, 2.45) is 0 Å². The number of nitrogens with one attached hydrogen (secondary N) is 1. The molecule has 97 heavy (non-hydrogen) atoms. The number of hydrogen-bond acceptors (Lipinski definition) is 8. The molecular weight excluding hydrogens is 1350 g/mol. The fourth-order valence-electron chi connectivity index (χ4n) is 9.62. The number of pyridine rings is 2. The molecule has 510 valence electrons. The second-order valence-corrected chi connectivity index (χ2v) is 23.7. The van der Waals surface area contributed by atoms with Crippen molar-refractivity contribution in [1.82, 2.24) is 57.4 Å². The Kier molecular flexibility index (Phi) is 24.7. The molecule has 1 fully saturated rings. The minimum Gasteiger partial charge on any atom is -0.399 e. The molecule has 1 aliphatic heterocycles. The number of hydrogen-bond donors (Lipinski definition) is 1. The molecule has 28 heteroatoms. The molecule has 1 saturated heterocycles. The Morgan fingerprint density at radius 2 is 0.918 bits per heavy atom. The van der Waals surface area contributed by atoms with Crippen molar-refractivity contribution in [1.29, 1.82) is 0 Å². The minimum absolute atomic E-state index is 0.0278. The number of rotatable bonds is 13. The Labute approximate surface area is 560 Å². The van der Waals surface area contributed by atoms with Crippen LogP contribution in [0.4, 0.5) is 52.7 Å². The lowest BCUT2D eigenvalue weighted by molar-refractivity contribution is 0.00578. The second-order valence-electron chi connectivity index (χ2n) is 22.9. The van der Waals surface area contributed by atoms with Crippen LogP contribution in [0.25, 0.3) is 67.6 Å². The summed E-state index contributed by atoms with van der Waals surface area (Å²) in [6, 6.07) is 31.3. The Morgan fingerprint density at radius 1 is 0.485 bits per heavy atom. The van der Waals surface area contributed by atoms with Crippen LogP contribution in [0.15, 0.2) is 176 Å². The van der Waals surface area contributed by atoms with E-state index in [1.807, 2.05) is 58.6 Å². The monoisotopic (exact) mass is 1410 g/mol. The number of benzene rings is 4. The average Bonchev–Trinajstić information content (AvgIpc) is 1.70. The maximum atomic E-state index is 13.3. The van der Waals surface area contributed by atoms with Gasteiger partial charge in [-0.05, 0) is 198 Å². The summed E-state index contributed by atoms with van der Waals surface area (Å²) in [6.07, 6.45) is 4.76. The van der Waals surface area contributed by atoms with E-state index in [-0.39, 0.29) is 54.6 Å². The van der Waals surface area contributed by atoms with Crippen molar-refractivity contribution in [3.8, 4) is 56.3 Å². The molecule has 0 aliphatic carbocycles. The van der Waals surface area contributed by atoms with Gasteiger partial charge in [-0.2, -0.15) is 0 Å². The van der Waals surface area contributed by atoms with Crippen LogP contribution in [0.3, 0.4) is 0 Å². The summed E-state index contributed by atoms with van der Waals surface area (Å²) in [7, 11) is -0.318. The van der Waals surface area contributed by atoms with E-state index in [0.29, 0.717) is 61.5 Å². The van der Waals surface area contributed by atoms with Crippen molar-refractivity contribution in [3.63, 3.8) is 0 Å². The third-order valence-electron chi connectivity index (χ3n) is 15.3. The molecule has 9 heterocycles. The molecule has 0 amide bonds. The predicted octanol–water partition coefficient (Wildman–Crippen LogP) is 17.7. The molecule has 12 aromatic rings. The van der Waals surface area contributed by atoms with E-state index in [2.05, 4.69) is 78.5 Å². The van der Waals surface area contributed by atoms with Gasteiger partial charge in [-0.1, -0.05) is 13.0 Å². The first kappa shape index (κ1) is 73.5. The van der Waals surface area contributed by atoms with Gasteiger partial charge < -0.3 is 36.8 Å². The van der Waals surface area contributed by atoms with Gasteiger partial charge in [0.1, 0.15) is 68.2 Å². The summed E-state index contributed by atoms with van der Waals surface area (Å²) in [4.78, 5) is 28.5. The van der Waals surface area contributed by atoms with E-state index in [0.717, 1.165) is 39.4 Å². The van der Waals surface area contributed by atoms with Crippen LogP contribution >= 0.6 is 15.9 Å². The molecule has 8 aromatic heterocycles. The van der Waals surface area contributed by atoms with Crippen molar-refractivity contribution in [2.45, 2.75) is 125 Å². The second kappa shape index (κ2) is 32.6. The maximum Gasteiger partial charge on any atom is 0.496 e. The zero-order valence-electron chi connectivity index (χ0n) is 54.0. The van der Waals surface area contributed by atoms with Crippen molar-refractivity contribution in [2.75, 3.05) is 0 Å². The number of fused-ring (bicyclic) bond motifs is 2. The highest BCUT2D eigenvalue weighted by molar-refractivity contribution is 9.10. The number of nitrogens with zero attached hydrogens (tertiary/aromatic N) is 11. The molecular formula is C69H68BBrF12N12O2. The van der Waals surface area contributed by atoms with Gasteiger partial charge in [-0.3, -0.25) is 0 Å². The van der Waals surface area contributed by atoms with Crippen molar-refractivity contribution >= 4 is 39.8 Å². The zero-order valence-corrected chi connectivity index (χ0v) is 55.6.